The molecule has 0 bridgehead atoms. The second-order valence-corrected chi connectivity index (χ2v) is 6.25. The molecule has 0 radical (unpaired) electrons. The van der Waals surface area contributed by atoms with Crippen LogP contribution >= 0.6 is 0 Å². The van der Waals surface area contributed by atoms with E-state index in [-0.39, 0.29) is 17.8 Å². The Morgan fingerprint density at radius 3 is 2.35 bits per heavy atom. The predicted octanol–water partition coefficient (Wildman–Crippen LogP) is 2.93. The third-order valence-electron chi connectivity index (χ3n) is 2.77. The van der Waals surface area contributed by atoms with Gasteiger partial charge < -0.3 is 0 Å². The molecule has 0 saturated carbocycles. The normalized spacial score (nSPS) is 11.3. The van der Waals surface area contributed by atoms with Crippen LogP contribution in [-0.2, 0) is 16.6 Å². The fourth-order valence-electron chi connectivity index (χ4n) is 1.81. The molecule has 0 amide bonds. The molecule has 0 N–H and O–H groups in total. The van der Waals surface area contributed by atoms with Crippen LogP contribution in [0, 0.1) is 11.6 Å². The smallest absolute Gasteiger partial charge is 0.232 e. The third-order valence-corrected chi connectivity index (χ3v) is 3.91. The van der Waals surface area contributed by atoms with E-state index in [1.165, 1.54) is 36.4 Å². The molecule has 0 heterocycles. The molecule has 0 aromatic heterocycles. The Bertz CT molecular complexity index is 717. The quantitative estimate of drug-likeness (QED) is 0.870. The van der Waals surface area contributed by atoms with Crippen molar-refractivity contribution in [2.75, 3.05) is 10.6 Å². The maximum atomic E-state index is 13.6. The maximum absolute atomic E-state index is 13.6. The minimum absolute atomic E-state index is 0.163. The van der Waals surface area contributed by atoms with E-state index >= 15 is 0 Å². The first-order valence-corrected chi connectivity index (χ1v) is 7.69. The van der Waals surface area contributed by atoms with E-state index in [9.17, 15) is 17.2 Å². The number of anilines is 1. The molecule has 0 fully saturated rings. The Morgan fingerprint density at radius 1 is 1.05 bits per heavy atom. The van der Waals surface area contributed by atoms with Crippen LogP contribution in [0.1, 0.15) is 5.56 Å². The number of benzene rings is 2. The third kappa shape index (κ3) is 3.33. The summed E-state index contributed by atoms with van der Waals surface area (Å²) in [6, 6.07) is 11.1. The first-order valence-electron chi connectivity index (χ1n) is 5.84. The van der Waals surface area contributed by atoms with E-state index in [0.717, 1.165) is 16.6 Å². The molecule has 0 aliphatic carbocycles. The van der Waals surface area contributed by atoms with Crippen LogP contribution in [0.15, 0.2) is 48.5 Å². The van der Waals surface area contributed by atoms with E-state index in [1.807, 2.05) is 0 Å². The number of hydrogen-bond acceptors (Lipinski definition) is 2. The monoisotopic (exact) mass is 297 g/mol. The van der Waals surface area contributed by atoms with Crippen molar-refractivity contribution >= 4 is 15.7 Å². The Morgan fingerprint density at radius 2 is 1.75 bits per heavy atom. The summed E-state index contributed by atoms with van der Waals surface area (Å²) in [4.78, 5) is 0. The number of sulfonamides is 1. The lowest BCUT2D eigenvalue weighted by atomic mass is 10.2. The molecule has 20 heavy (non-hydrogen) atoms. The van der Waals surface area contributed by atoms with E-state index < -0.39 is 21.7 Å². The number of nitrogens with zero attached hydrogens (tertiary/aromatic N) is 1. The summed E-state index contributed by atoms with van der Waals surface area (Å²) in [6.45, 7) is -0.186. The SMILES string of the molecule is CS(=O)(=O)N(Cc1ccccc1F)c1cccc(F)c1. The van der Waals surface area contributed by atoms with E-state index in [1.54, 1.807) is 6.07 Å². The summed E-state index contributed by atoms with van der Waals surface area (Å²) in [5.41, 5.74) is 0.387. The van der Waals surface area contributed by atoms with Crippen LogP contribution in [0.5, 0.6) is 0 Å². The molecule has 0 aliphatic heterocycles. The summed E-state index contributed by atoms with van der Waals surface area (Å²) < 4.78 is 51.5. The molecule has 0 unspecified atom stereocenters. The van der Waals surface area contributed by atoms with Gasteiger partial charge in [-0.25, -0.2) is 17.2 Å². The predicted molar refractivity (Wildman–Crippen MR) is 73.8 cm³/mol. The van der Waals surface area contributed by atoms with Gasteiger partial charge in [0.05, 0.1) is 18.5 Å². The van der Waals surface area contributed by atoms with Crippen molar-refractivity contribution in [1.82, 2.24) is 0 Å². The van der Waals surface area contributed by atoms with Gasteiger partial charge in [0, 0.05) is 5.56 Å². The zero-order valence-corrected chi connectivity index (χ0v) is 11.6. The zero-order valence-electron chi connectivity index (χ0n) is 10.8. The summed E-state index contributed by atoms with van der Waals surface area (Å²) in [5, 5.41) is 0. The lowest BCUT2D eigenvalue weighted by Gasteiger charge is -2.22. The standard InChI is InChI=1S/C14H13F2NO2S/c1-20(18,19)17(13-7-4-6-12(15)9-13)10-11-5-2-3-8-14(11)16/h2-9H,10H2,1H3. The molecule has 0 spiro atoms. The molecule has 2 aromatic carbocycles. The highest BCUT2D eigenvalue weighted by atomic mass is 32.2. The highest BCUT2D eigenvalue weighted by Crippen LogP contribution is 2.22. The van der Waals surface area contributed by atoms with Gasteiger partial charge in [0.25, 0.3) is 0 Å². The van der Waals surface area contributed by atoms with Gasteiger partial charge in [-0.05, 0) is 24.3 Å². The van der Waals surface area contributed by atoms with Crippen LogP contribution in [-0.4, -0.2) is 14.7 Å². The fourth-order valence-corrected chi connectivity index (χ4v) is 2.68. The van der Waals surface area contributed by atoms with Gasteiger partial charge in [0.1, 0.15) is 11.6 Å². The van der Waals surface area contributed by atoms with Gasteiger partial charge in [-0.2, -0.15) is 0 Å². The minimum Gasteiger partial charge on any atom is -0.266 e. The van der Waals surface area contributed by atoms with Crippen LogP contribution in [0.3, 0.4) is 0 Å². The largest absolute Gasteiger partial charge is 0.266 e. The lowest BCUT2D eigenvalue weighted by Crippen LogP contribution is -2.29. The van der Waals surface area contributed by atoms with E-state index in [4.69, 9.17) is 0 Å². The minimum atomic E-state index is -3.65. The van der Waals surface area contributed by atoms with Crippen molar-refractivity contribution in [2.45, 2.75) is 6.54 Å². The van der Waals surface area contributed by atoms with Gasteiger partial charge in [-0.15, -0.1) is 0 Å². The average molecular weight is 297 g/mol. The maximum Gasteiger partial charge on any atom is 0.232 e. The average Bonchev–Trinajstić information content (AvgIpc) is 2.36. The molecule has 0 atom stereocenters. The van der Waals surface area contributed by atoms with Crippen LogP contribution in [0.25, 0.3) is 0 Å². The summed E-state index contributed by atoms with van der Waals surface area (Å²) >= 11 is 0. The molecule has 0 saturated heterocycles. The van der Waals surface area contributed by atoms with Crippen molar-refractivity contribution in [2.24, 2.45) is 0 Å². The van der Waals surface area contributed by atoms with Crippen molar-refractivity contribution < 1.29 is 17.2 Å². The van der Waals surface area contributed by atoms with Gasteiger partial charge in [0.2, 0.25) is 10.0 Å². The van der Waals surface area contributed by atoms with Crippen LogP contribution in [0.4, 0.5) is 14.5 Å². The summed E-state index contributed by atoms with van der Waals surface area (Å²) in [6.07, 6.45) is 0.999. The fraction of sp³-hybridized carbons (Fsp3) is 0.143. The lowest BCUT2D eigenvalue weighted by molar-refractivity contribution is 0.589. The second-order valence-electron chi connectivity index (χ2n) is 4.34. The number of hydrogen-bond donors (Lipinski definition) is 0. The summed E-state index contributed by atoms with van der Waals surface area (Å²) in [5.74, 6) is -1.05. The molecule has 3 nitrogen and oxygen atoms in total. The van der Waals surface area contributed by atoms with Gasteiger partial charge in [-0.1, -0.05) is 24.3 Å². The zero-order chi connectivity index (χ0) is 14.8. The van der Waals surface area contributed by atoms with Gasteiger partial charge >= 0.3 is 0 Å². The first-order chi connectivity index (χ1) is 9.38. The van der Waals surface area contributed by atoms with Crippen molar-refractivity contribution in [3.63, 3.8) is 0 Å². The van der Waals surface area contributed by atoms with Gasteiger partial charge in [-0.3, -0.25) is 4.31 Å². The number of halogens is 2. The molecule has 2 rings (SSSR count). The molecule has 106 valence electrons. The molecular weight excluding hydrogens is 284 g/mol. The Labute approximate surface area is 116 Å². The Hall–Kier alpha value is -1.95. The Kier molecular flexibility index (Phi) is 4.04. The van der Waals surface area contributed by atoms with Crippen molar-refractivity contribution in [1.29, 1.82) is 0 Å². The van der Waals surface area contributed by atoms with Crippen LogP contribution in [0.2, 0.25) is 0 Å². The molecule has 0 aliphatic rings. The highest BCUT2D eigenvalue weighted by molar-refractivity contribution is 7.92. The number of rotatable bonds is 4. The topological polar surface area (TPSA) is 37.4 Å². The highest BCUT2D eigenvalue weighted by Gasteiger charge is 2.19. The van der Waals surface area contributed by atoms with E-state index in [0.29, 0.717) is 0 Å². The van der Waals surface area contributed by atoms with E-state index in [2.05, 4.69) is 0 Å². The molecule has 2 aromatic rings. The Balaban J connectivity index is 2.43. The second kappa shape index (κ2) is 5.58. The van der Waals surface area contributed by atoms with Gasteiger partial charge in [0.15, 0.2) is 0 Å². The van der Waals surface area contributed by atoms with Crippen molar-refractivity contribution in [3.05, 3.63) is 65.7 Å². The van der Waals surface area contributed by atoms with Crippen LogP contribution < -0.4 is 4.31 Å². The first kappa shape index (κ1) is 14.5. The van der Waals surface area contributed by atoms with Crippen molar-refractivity contribution in [3.8, 4) is 0 Å². The molecule has 6 heteroatoms. The molecular formula is C14H13F2NO2S. The summed E-state index contributed by atoms with van der Waals surface area (Å²) in [7, 11) is -3.65.